The highest BCUT2D eigenvalue weighted by Crippen LogP contribution is 2.37. The molecule has 220 valence electrons. The summed E-state index contributed by atoms with van der Waals surface area (Å²) in [6, 6.07) is -1.50. The zero-order chi connectivity index (χ0) is 28.5. The Balaban J connectivity index is 1.38. The molecule has 0 aromatic carbocycles. The molecule has 1 aromatic rings. The van der Waals surface area contributed by atoms with Crippen molar-refractivity contribution in [3.05, 3.63) is 5.82 Å². The van der Waals surface area contributed by atoms with Gasteiger partial charge in [-0.1, -0.05) is 50.2 Å². The Bertz CT molecular complexity index is 1040. The van der Waals surface area contributed by atoms with E-state index >= 15 is 0 Å². The molecule has 1 aromatic heterocycles. The van der Waals surface area contributed by atoms with Crippen LogP contribution in [0.1, 0.15) is 82.9 Å². The van der Waals surface area contributed by atoms with Gasteiger partial charge in [-0.3, -0.25) is 24.0 Å². The Kier molecular flexibility index (Phi) is 10.4. The predicted molar refractivity (Wildman–Crippen MR) is 140 cm³/mol. The topological polar surface area (TPSA) is 199 Å². The molecule has 0 radical (unpaired) electrons. The molecule has 5 N–H and O–H groups in total. The number of nitrogens with one attached hydrogen (secondary N) is 4. The van der Waals surface area contributed by atoms with Crippen LogP contribution in [0.3, 0.4) is 0 Å². The van der Waals surface area contributed by atoms with Crippen molar-refractivity contribution in [2.75, 3.05) is 13.1 Å². The third kappa shape index (κ3) is 7.98. The Labute approximate surface area is 232 Å². The van der Waals surface area contributed by atoms with Crippen LogP contribution >= 0.6 is 0 Å². The second kappa shape index (κ2) is 14.2. The zero-order valence-electron chi connectivity index (χ0n) is 22.8. The summed E-state index contributed by atoms with van der Waals surface area (Å²) in [7, 11) is 0. The summed E-state index contributed by atoms with van der Waals surface area (Å²) in [5, 5.41) is 30.6. The predicted octanol–water partition coefficient (Wildman–Crippen LogP) is 0.269. The fourth-order valence-electron chi connectivity index (χ4n) is 6.41. The van der Waals surface area contributed by atoms with Gasteiger partial charge < -0.3 is 26.0 Å². The number of aromatic amines is 1. The average molecular weight is 561 g/mol. The lowest BCUT2D eigenvalue weighted by Crippen LogP contribution is -2.53. The first-order valence-corrected chi connectivity index (χ1v) is 14.4. The fourth-order valence-corrected chi connectivity index (χ4v) is 6.41. The third-order valence-electron chi connectivity index (χ3n) is 8.53. The maximum absolute atomic E-state index is 13.4. The number of carboxylic acid groups (broad SMARTS) is 1. The highest BCUT2D eigenvalue weighted by molar-refractivity contribution is 5.93. The van der Waals surface area contributed by atoms with E-state index < -0.39 is 29.9 Å². The minimum atomic E-state index is -1.09. The van der Waals surface area contributed by atoms with E-state index in [1.807, 2.05) is 0 Å². The molecule has 4 amide bonds. The quantitative estimate of drug-likeness (QED) is 0.238. The number of amides is 4. The van der Waals surface area contributed by atoms with Crippen molar-refractivity contribution in [3.63, 3.8) is 0 Å². The molecule has 3 atom stereocenters. The first-order chi connectivity index (χ1) is 19.3. The van der Waals surface area contributed by atoms with E-state index in [9.17, 15) is 24.0 Å². The summed E-state index contributed by atoms with van der Waals surface area (Å²) < 4.78 is 0. The average Bonchev–Trinajstić information content (AvgIpc) is 3.75. The van der Waals surface area contributed by atoms with Gasteiger partial charge >= 0.3 is 5.97 Å². The summed E-state index contributed by atoms with van der Waals surface area (Å²) in [6.07, 6.45) is 9.13. The normalized spacial score (nSPS) is 22.6. The lowest BCUT2D eigenvalue weighted by Gasteiger charge is -2.28. The molecule has 2 heterocycles. The summed E-state index contributed by atoms with van der Waals surface area (Å²) >= 11 is 0. The number of aliphatic carboxylic acids is 1. The van der Waals surface area contributed by atoms with Crippen molar-refractivity contribution < 1.29 is 29.1 Å². The zero-order valence-corrected chi connectivity index (χ0v) is 22.8. The van der Waals surface area contributed by atoms with Crippen LogP contribution in [0.15, 0.2) is 0 Å². The number of rotatable bonds is 12. The van der Waals surface area contributed by atoms with Gasteiger partial charge in [-0.05, 0) is 37.0 Å². The van der Waals surface area contributed by atoms with Gasteiger partial charge in [0.1, 0.15) is 12.1 Å². The summed E-state index contributed by atoms with van der Waals surface area (Å²) in [6.45, 7) is 0.250. The molecule has 3 fully saturated rings. The number of likely N-dealkylation sites (tertiary alicyclic amines) is 1. The van der Waals surface area contributed by atoms with E-state index in [1.54, 1.807) is 4.90 Å². The largest absolute Gasteiger partial charge is 0.481 e. The van der Waals surface area contributed by atoms with Crippen LogP contribution in [0.5, 0.6) is 0 Å². The van der Waals surface area contributed by atoms with E-state index in [0.717, 1.165) is 51.4 Å². The highest BCUT2D eigenvalue weighted by atomic mass is 16.4. The van der Waals surface area contributed by atoms with Crippen LogP contribution in [0.2, 0.25) is 0 Å². The van der Waals surface area contributed by atoms with Gasteiger partial charge in [0.15, 0.2) is 5.82 Å². The van der Waals surface area contributed by atoms with Crippen LogP contribution in [0.25, 0.3) is 0 Å². The monoisotopic (exact) mass is 560 g/mol. The molecular weight excluding hydrogens is 520 g/mol. The van der Waals surface area contributed by atoms with Crippen molar-refractivity contribution in [1.82, 2.24) is 41.5 Å². The molecule has 3 aliphatic rings. The number of carbonyl (C=O) groups is 5. The molecule has 4 rings (SSSR count). The van der Waals surface area contributed by atoms with Gasteiger partial charge in [-0.15, -0.1) is 10.2 Å². The number of tetrazole rings is 1. The molecule has 2 saturated carbocycles. The Morgan fingerprint density at radius 2 is 1.68 bits per heavy atom. The number of aromatic nitrogens is 4. The van der Waals surface area contributed by atoms with Gasteiger partial charge in [-0.2, -0.15) is 5.21 Å². The molecule has 14 heteroatoms. The number of hydrogen-bond acceptors (Lipinski definition) is 8. The van der Waals surface area contributed by atoms with Crippen LogP contribution in [0.4, 0.5) is 0 Å². The number of hydrogen-bond donors (Lipinski definition) is 5. The molecule has 0 bridgehead atoms. The number of carbonyl (C=O) groups excluding carboxylic acids is 4. The van der Waals surface area contributed by atoms with Gasteiger partial charge in [-0.25, -0.2) is 0 Å². The number of nitrogens with zero attached hydrogens (tertiary/aromatic N) is 4. The molecule has 0 spiro atoms. The SMILES string of the molecule is O=C(O)CCC(=O)N[C@H](C(=O)NCC(=O)N1C[C@H](C2CCCCC2)CC1C(=O)NCc1nn[nH]n1)C1CCCC1. The number of carboxylic acids is 1. The van der Waals surface area contributed by atoms with Crippen LogP contribution in [-0.2, 0) is 30.5 Å². The van der Waals surface area contributed by atoms with E-state index in [4.69, 9.17) is 5.11 Å². The summed E-state index contributed by atoms with van der Waals surface area (Å²) in [5.41, 5.74) is 0. The molecule has 40 heavy (non-hydrogen) atoms. The molecule has 1 aliphatic heterocycles. The first-order valence-electron chi connectivity index (χ1n) is 14.4. The maximum atomic E-state index is 13.4. The lowest BCUT2D eigenvalue weighted by atomic mass is 9.79. The summed E-state index contributed by atoms with van der Waals surface area (Å²) in [5.74, 6) is -1.78. The van der Waals surface area contributed by atoms with Gasteiger partial charge in [0.2, 0.25) is 23.6 Å². The van der Waals surface area contributed by atoms with Gasteiger partial charge in [0.25, 0.3) is 0 Å². The van der Waals surface area contributed by atoms with E-state index in [1.165, 1.54) is 6.42 Å². The van der Waals surface area contributed by atoms with E-state index in [0.29, 0.717) is 24.7 Å². The highest BCUT2D eigenvalue weighted by Gasteiger charge is 2.42. The Hall–Kier alpha value is -3.58. The van der Waals surface area contributed by atoms with Crippen LogP contribution in [-0.4, -0.2) is 85.4 Å². The van der Waals surface area contributed by atoms with Crippen molar-refractivity contribution >= 4 is 29.6 Å². The second-order valence-corrected chi connectivity index (χ2v) is 11.2. The maximum Gasteiger partial charge on any atom is 0.303 e. The first kappa shape index (κ1) is 29.4. The molecule has 1 unspecified atom stereocenters. The number of H-pyrrole nitrogens is 1. The third-order valence-corrected chi connectivity index (χ3v) is 8.53. The van der Waals surface area contributed by atoms with Crippen molar-refractivity contribution in [2.45, 2.75) is 95.7 Å². The Morgan fingerprint density at radius 3 is 2.35 bits per heavy atom. The fraction of sp³-hybridized carbons (Fsp3) is 0.769. The second-order valence-electron chi connectivity index (χ2n) is 11.2. The summed E-state index contributed by atoms with van der Waals surface area (Å²) in [4.78, 5) is 64.5. The van der Waals surface area contributed by atoms with Gasteiger partial charge in [0.05, 0.1) is 19.5 Å². The minimum Gasteiger partial charge on any atom is -0.481 e. The standard InChI is InChI=1S/C26H40N8O6/c35-21(10-11-23(37)38)29-24(17-8-4-5-9-17)26(40)28-14-22(36)34-15-18(16-6-2-1-3-7-16)12-19(34)25(39)27-13-20-30-32-33-31-20/h16-19,24H,1-15H2,(H,27,39)(H,28,40)(H,29,35)(H,37,38)(H,30,31,32,33)/t18-,19?,24+/m1/s1. The molecule has 1 saturated heterocycles. The van der Waals surface area contributed by atoms with Crippen LogP contribution < -0.4 is 16.0 Å². The van der Waals surface area contributed by atoms with Crippen molar-refractivity contribution in [1.29, 1.82) is 0 Å². The van der Waals surface area contributed by atoms with Crippen molar-refractivity contribution in [3.8, 4) is 0 Å². The molecular formula is C26H40N8O6. The smallest absolute Gasteiger partial charge is 0.303 e. The van der Waals surface area contributed by atoms with E-state index in [-0.39, 0.29) is 49.6 Å². The molecule has 2 aliphatic carbocycles. The minimum absolute atomic E-state index is 0.0741. The Morgan fingerprint density at radius 1 is 0.950 bits per heavy atom. The lowest BCUT2D eigenvalue weighted by molar-refractivity contribution is -0.140. The molecule has 14 nitrogen and oxygen atoms in total. The van der Waals surface area contributed by atoms with Crippen LogP contribution in [0, 0.1) is 17.8 Å². The van der Waals surface area contributed by atoms with Gasteiger partial charge in [0, 0.05) is 13.0 Å². The van der Waals surface area contributed by atoms with Crippen molar-refractivity contribution in [2.24, 2.45) is 17.8 Å². The van der Waals surface area contributed by atoms with E-state index in [2.05, 4.69) is 36.6 Å².